The van der Waals surface area contributed by atoms with Crippen molar-refractivity contribution >= 4 is 11.5 Å². The molecule has 0 spiro atoms. The standard InChI is InChI=1S/C14H17FN2O3/c1-10(18)12-2-4-16(5-3-12)9-11-6-13(15)8-14(7-11)17(19)20/h6-8,12H,2-5,9H2,1H3. The van der Waals surface area contributed by atoms with E-state index in [0.29, 0.717) is 12.1 Å². The monoisotopic (exact) mass is 280 g/mol. The highest BCUT2D eigenvalue weighted by molar-refractivity contribution is 5.78. The first-order valence-corrected chi connectivity index (χ1v) is 6.62. The summed E-state index contributed by atoms with van der Waals surface area (Å²) in [4.78, 5) is 23.5. The second-order valence-corrected chi connectivity index (χ2v) is 5.24. The summed E-state index contributed by atoms with van der Waals surface area (Å²) in [6.07, 6.45) is 1.60. The minimum Gasteiger partial charge on any atom is -0.300 e. The van der Waals surface area contributed by atoms with E-state index in [0.717, 1.165) is 32.0 Å². The minimum atomic E-state index is -0.590. The number of nitro benzene ring substituents is 1. The van der Waals surface area contributed by atoms with Crippen LogP contribution in [0.5, 0.6) is 0 Å². The Balaban J connectivity index is 2.01. The number of halogens is 1. The Bertz CT molecular complexity index is 525. The molecule has 2 rings (SSSR count). The Hall–Kier alpha value is -1.82. The van der Waals surface area contributed by atoms with Crippen LogP contribution in [0, 0.1) is 21.8 Å². The van der Waals surface area contributed by atoms with Gasteiger partial charge in [-0.15, -0.1) is 0 Å². The first-order chi connectivity index (χ1) is 9.45. The van der Waals surface area contributed by atoms with E-state index >= 15 is 0 Å². The molecule has 5 nitrogen and oxygen atoms in total. The number of non-ortho nitro benzene ring substituents is 1. The fourth-order valence-corrected chi connectivity index (χ4v) is 2.59. The van der Waals surface area contributed by atoms with Gasteiger partial charge in [0.05, 0.1) is 11.0 Å². The van der Waals surface area contributed by atoms with Crippen molar-refractivity contribution in [1.29, 1.82) is 0 Å². The van der Waals surface area contributed by atoms with E-state index in [1.54, 1.807) is 6.92 Å². The molecule has 0 bridgehead atoms. The van der Waals surface area contributed by atoms with E-state index in [1.165, 1.54) is 12.1 Å². The van der Waals surface area contributed by atoms with Gasteiger partial charge in [0.15, 0.2) is 0 Å². The van der Waals surface area contributed by atoms with E-state index in [2.05, 4.69) is 4.90 Å². The summed E-state index contributed by atoms with van der Waals surface area (Å²) < 4.78 is 13.3. The van der Waals surface area contributed by atoms with Crippen LogP contribution in [0.15, 0.2) is 18.2 Å². The van der Waals surface area contributed by atoms with E-state index in [1.807, 2.05) is 0 Å². The second kappa shape index (κ2) is 6.09. The summed E-state index contributed by atoms with van der Waals surface area (Å²) in [7, 11) is 0. The molecule has 0 saturated carbocycles. The van der Waals surface area contributed by atoms with Gasteiger partial charge in [-0.25, -0.2) is 4.39 Å². The summed E-state index contributed by atoms with van der Waals surface area (Å²) >= 11 is 0. The van der Waals surface area contributed by atoms with Crippen LogP contribution in [0.3, 0.4) is 0 Å². The van der Waals surface area contributed by atoms with Crippen LogP contribution in [-0.2, 0) is 11.3 Å². The lowest BCUT2D eigenvalue weighted by molar-refractivity contribution is -0.385. The third kappa shape index (κ3) is 3.60. The molecule has 0 radical (unpaired) electrons. The number of likely N-dealkylation sites (tertiary alicyclic amines) is 1. The molecule has 1 aliphatic heterocycles. The van der Waals surface area contributed by atoms with Gasteiger partial charge < -0.3 is 0 Å². The summed E-state index contributed by atoms with van der Waals surface area (Å²) in [6.45, 7) is 3.60. The third-order valence-electron chi connectivity index (χ3n) is 3.72. The third-order valence-corrected chi connectivity index (χ3v) is 3.72. The zero-order chi connectivity index (χ0) is 14.7. The van der Waals surface area contributed by atoms with E-state index in [4.69, 9.17) is 0 Å². The smallest absolute Gasteiger partial charge is 0.272 e. The lowest BCUT2D eigenvalue weighted by Gasteiger charge is -2.30. The van der Waals surface area contributed by atoms with Gasteiger partial charge in [-0.2, -0.15) is 0 Å². The minimum absolute atomic E-state index is 0.119. The van der Waals surface area contributed by atoms with E-state index in [-0.39, 0.29) is 17.4 Å². The first-order valence-electron chi connectivity index (χ1n) is 6.62. The fraction of sp³-hybridized carbons (Fsp3) is 0.500. The van der Waals surface area contributed by atoms with Crippen molar-refractivity contribution in [3.05, 3.63) is 39.7 Å². The number of ketones is 1. The maximum atomic E-state index is 13.3. The zero-order valence-electron chi connectivity index (χ0n) is 11.3. The molecule has 1 fully saturated rings. The highest BCUT2D eigenvalue weighted by Crippen LogP contribution is 2.22. The molecule has 1 heterocycles. The number of Topliss-reactive ketones (excluding diaryl/α,β-unsaturated/α-hetero) is 1. The van der Waals surface area contributed by atoms with Gasteiger partial charge in [0.25, 0.3) is 5.69 Å². The van der Waals surface area contributed by atoms with Crippen LogP contribution in [-0.4, -0.2) is 28.7 Å². The SMILES string of the molecule is CC(=O)C1CCN(Cc2cc(F)cc([N+](=O)[O-])c2)CC1. The molecule has 0 aliphatic carbocycles. The Labute approximate surface area is 116 Å². The second-order valence-electron chi connectivity index (χ2n) is 5.24. The normalized spacial score (nSPS) is 17.1. The molecule has 6 heteroatoms. The number of hydrogen-bond acceptors (Lipinski definition) is 4. The van der Waals surface area contributed by atoms with Crippen LogP contribution in [0.2, 0.25) is 0 Å². The predicted molar refractivity (Wildman–Crippen MR) is 71.7 cm³/mol. The summed E-state index contributed by atoms with van der Waals surface area (Å²) in [5.74, 6) is -0.257. The van der Waals surface area contributed by atoms with E-state index in [9.17, 15) is 19.3 Å². The molecule has 0 atom stereocenters. The Morgan fingerprint density at radius 1 is 1.40 bits per heavy atom. The average molecular weight is 280 g/mol. The quantitative estimate of drug-likeness (QED) is 0.628. The lowest BCUT2D eigenvalue weighted by Crippen LogP contribution is -2.35. The van der Waals surface area contributed by atoms with Crippen molar-refractivity contribution in [2.45, 2.75) is 26.3 Å². The predicted octanol–water partition coefficient (Wildman–Crippen LogP) is 2.53. The maximum absolute atomic E-state index is 13.3. The van der Waals surface area contributed by atoms with Gasteiger partial charge >= 0.3 is 0 Å². The van der Waals surface area contributed by atoms with Crippen molar-refractivity contribution in [2.24, 2.45) is 5.92 Å². The molecule has 1 aromatic rings. The molecule has 0 amide bonds. The largest absolute Gasteiger partial charge is 0.300 e. The van der Waals surface area contributed by atoms with Crippen LogP contribution in [0.25, 0.3) is 0 Å². The maximum Gasteiger partial charge on any atom is 0.272 e. The van der Waals surface area contributed by atoms with Crippen molar-refractivity contribution in [3.63, 3.8) is 0 Å². The summed E-state index contributed by atoms with van der Waals surface area (Å²) in [6, 6.07) is 3.65. The molecule has 1 aromatic carbocycles. The first kappa shape index (κ1) is 14.6. The van der Waals surface area contributed by atoms with Crippen molar-refractivity contribution in [1.82, 2.24) is 4.90 Å². The molecular weight excluding hydrogens is 263 g/mol. The van der Waals surface area contributed by atoms with Crippen molar-refractivity contribution < 1.29 is 14.1 Å². The molecule has 1 aliphatic rings. The number of nitro groups is 1. The van der Waals surface area contributed by atoms with Gasteiger partial charge in [-0.1, -0.05) is 0 Å². The van der Waals surface area contributed by atoms with Gasteiger partial charge in [-0.3, -0.25) is 19.8 Å². The number of piperidine rings is 1. The molecule has 0 N–H and O–H groups in total. The van der Waals surface area contributed by atoms with Crippen LogP contribution in [0.4, 0.5) is 10.1 Å². The van der Waals surface area contributed by atoms with Gasteiger partial charge in [0.1, 0.15) is 11.6 Å². The van der Waals surface area contributed by atoms with Crippen LogP contribution in [0.1, 0.15) is 25.3 Å². The molecule has 0 aromatic heterocycles. The molecule has 0 unspecified atom stereocenters. The number of benzene rings is 1. The fourth-order valence-electron chi connectivity index (χ4n) is 2.59. The number of carbonyl (C=O) groups excluding carboxylic acids is 1. The van der Waals surface area contributed by atoms with Crippen LogP contribution >= 0.6 is 0 Å². The Morgan fingerprint density at radius 3 is 2.60 bits per heavy atom. The van der Waals surface area contributed by atoms with Crippen LogP contribution < -0.4 is 0 Å². The number of rotatable bonds is 4. The van der Waals surface area contributed by atoms with Gasteiger partial charge in [0, 0.05) is 18.5 Å². The van der Waals surface area contributed by atoms with E-state index < -0.39 is 10.7 Å². The topological polar surface area (TPSA) is 63.5 Å². The molecule has 108 valence electrons. The zero-order valence-corrected chi connectivity index (χ0v) is 11.3. The van der Waals surface area contributed by atoms with Crippen molar-refractivity contribution in [3.8, 4) is 0 Å². The Kier molecular flexibility index (Phi) is 4.44. The van der Waals surface area contributed by atoms with Gasteiger partial charge in [-0.05, 0) is 44.5 Å². The van der Waals surface area contributed by atoms with Crippen molar-refractivity contribution in [2.75, 3.05) is 13.1 Å². The average Bonchev–Trinajstić information content (AvgIpc) is 2.38. The van der Waals surface area contributed by atoms with Gasteiger partial charge in [0.2, 0.25) is 0 Å². The molecule has 20 heavy (non-hydrogen) atoms. The summed E-state index contributed by atoms with van der Waals surface area (Å²) in [5.41, 5.74) is 0.372. The highest BCUT2D eigenvalue weighted by atomic mass is 19.1. The summed E-state index contributed by atoms with van der Waals surface area (Å²) in [5, 5.41) is 10.7. The lowest BCUT2D eigenvalue weighted by atomic mass is 9.93. The molecule has 1 saturated heterocycles. The highest BCUT2D eigenvalue weighted by Gasteiger charge is 2.22. The number of hydrogen-bond donors (Lipinski definition) is 0. The Morgan fingerprint density at radius 2 is 2.05 bits per heavy atom. The molecular formula is C14H17FN2O3. The number of carbonyl (C=O) groups is 1. The number of nitrogens with zero attached hydrogens (tertiary/aromatic N) is 2.